The van der Waals surface area contributed by atoms with Gasteiger partial charge in [0.15, 0.2) is 0 Å². The summed E-state index contributed by atoms with van der Waals surface area (Å²) in [5.41, 5.74) is -2.70. The van der Waals surface area contributed by atoms with Crippen LogP contribution in [0.1, 0.15) is 10.7 Å². The van der Waals surface area contributed by atoms with Crippen LogP contribution < -0.4 is 88.7 Å². The van der Waals surface area contributed by atoms with E-state index in [9.17, 15) is 14.4 Å². The molecule has 10 heteroatoms. The van der Waals surface area contributed by atoms with Gasteiger partial charge in [0.1, 0.15) is 0 Å². The molecule has 0 heterocycles. The zero-order valence-electron chi connectivity index (χ0n) is 12.7. The number of carboxylic acid groups (broad SMARTS) is 3. The Morgan fingerprint density at radius 2 is 1.38 bits per heavy atom. The van der Waals surface area contributed by atoms with Crippen LogP contribution in [0.5, 0.6) is 0 Å². The fourth-order valence-corrected chi connectivity index (χ4v) is 0.702. The molecule has 0 saturated carbocycles. The van der Waals surface area contributed by atoms with Crippen LogP contribution >= 0.6 is 0 Å². The maximum atomic E-state index is 10.5. The second-order valence-electron chi connectivity index (χ2n) is 2.21. The minimum Gasteiger partial charge on any atom is -1.00 e. The van der Waals surface area contributed by atoms with E-state index in [-0.39, 0.29) is 93.0 Å². The molecule has 0 aliphatic heterocycles. The van der Waals surface area contributed by atoms with Crippen molar-refractivity contribution in [3.63, 3.8) is 0 Å². The molecule has 0 aliphatic rings. The van der Waals surface area contributed by atoms with E-state index in [1.165, 1.54) is 0 Å². The number of ether oxygens (including phenoxy) is 1. The number of aliphatic carboxylic acids is 3. The van der Waals surface area contributed by atoms with Crippen LogP contribution in [0, 0.1) is 0 Å². The molecule has 0 saturated heterocycles. The summed E-state index contributed by atoms with van der Waals surface area (Å²) in [6.45, 7) is 0. The SMILES string of the molecule is COC(CC(=O)O)(C(=O)O)C(=O)O.[H-].[H-].[H-].[Na+].[Na+].[Na+]. The first-order valence-corrected chi connectivity index (χ1v) is 3.10. The fourth-order valence-electron chi connectivity index (χ4n) is 0.702. The minimum absolute atomic E-state index is 0. The standard InChI is InChI=1S/C6H8O7.3Na.3H/c1-13-6(4(9)10,5(11)12)2-3(7)8;;;;;;/h2H2,1H3,(H,7,8)(H,9,10)(H,11,12);;;;;;/q;3*+1;3*-1. The first kappa shape index (κ1) is 26.0. The van der Waals surface area contributed by atoms with Gasteiger partial charge in [0.2, 0.25) is 0 Å². The van der Waals surface area contributed by atoms with Crippen LogP contribution in [0.4, 0.5) is 0 Å². The molecule has 0 fully saturated rings. The van der Waals surface area contributed by atoms with Crippen LogP contribution in [-0.2, 0) is 19.1 Å². The van der Waals surface area contributed by atoms with E-state index in [0.29, 0.717) is 0 Å². The van der Waals surface area contributed by atoms with Gasteiger partial charge in [0, 0.05) is 7.11 Å². The maximum absolute atomic E-state index is 10.5. The Labute approximate surface area is 162 Å². The van der Waals surface area contributed by atoms with Crippen molar-refractivity contribution in [2.45, 2.75) is 12.0 Å². The summed E-state index contributed by atoms with van der Waals surface area (Å²) in [4.78, 5) is 31.1. The molecule has 0 rings (SSSR count). The van der Waals surface area contributed by atoms with Crippen molar-refractivity contribution in [1.29, 1.82) is 0 Å². The molecule has 0 aromatic carbocycles. The third-order valence-electron chi connectivity index (χ3n) is 1.44. The van der Waals surface area contributed by atoms with Gasteiger partial charge in [-0.3, -0.25) is 4.79 Å². The predicted molar refractivity (Wildman–Crippen MR) is 40.6 cm³/mol. The van der Waals surface area contributed by atoms with Gasteiger partial charge in [0.25, 0.3) is 5.60 Å². The van der Waals surface area contributed by atoms with Gasteiger partial charge in [-0.15, -0.1) is 0 Å². The molecule has 0 atom stereocenters. The minimum atomic E-state index is -2.70. The van der Waals surface area contributed by atoms with Crippen molar-refractivity contribution in [2.75, 3.05) is 7.11 Å². The van der Waals surface area contributed by atoms with Crippen molar-refractivity contribution in [2.24, 2.45) is 0 Å². The van der Waals surface area contributed by atoms with Crippen LogP contribution in [0.25, 0.3) is 0 Å². The number of hydrogen-bond donors (Lipinski definition) is 3. The van der Waals surface area contributed by atoms with Gasteiger partial charge in [-0.25, -0.2) is 9.59 Å². The van der Waals surface area contributed by atoms with Gasteiger partial charge in [0.05, 0.1) is 6.42 Å². The van der Waals surface area contributed by atoms with Crippen LogP contribution in [0.2, 0.25) is 0 Å². The number of rotatable bonds is 5. The topological polar surface area (TPSA) is 121 Å². The van der Waals surface area contributed by atoms with Crippen molar-refractivity contribution in [3.8, 4) is 0 Å². The zero-order chi connectivity index (χ0) is 10.6. The summed E-state index contributed by atoms with van der Waals surface area (Å²) in [5.74, 6) is -5.25. The number of methoxy groups -OCH3 is 1. The average Bonchev–Trinajstić information content (AvgIpc) is 1.98. The Kier molecular flexibility index (Phi) is 18.7. The Balaban J connectivity index is -0.0000000480. The quantitative estimate of drug-likeness (QED) is 0.333. The molecule has 3 N–H and O–H groups in total. The third-order valence-corrected chi connectivity index (χ3v) is 1.44. The number of hydrogen-bond acceptors (Lipinski definition) is 4. The second-order valence-corrected chi connectivity index (χ2v) is 2.21. The first-order chi connectivity index (χ1) is 5.86. The van der Waals surface area contributed by atoms with Gasteiger partial charge in [-0.2, -0.15) is 0 Å². The van der Waals surface area contributed by atoms with Crippen LogP contribution in [0.3, 0.4) is 0 Å². The Bertz CT molecular complexity index is 252. The van der Waals surface area contributed by atoms with E-state index in [0.717, 1.165) is 7.11 Å². The molecule has 0 aliphatic carbocycles. The van der Waals surface area contributed by atoms with E-state index in [1.807, 2.05) is 0 Å². The van der Waals surface area contributed by atoms with Gasteiger partial charge < -0.3 is 24.3 Å². The van der Waals surface area contributed by atoms with Crippen molar-refractivity contribution in [1.82, 2.24) is 0 Å². The molecule has 0 aromatic rings. The van der Waals surface area contributed by atoms with E-state index < -0.39 is 29.9 Å². The van der Waals surface area contributed by atoms with E-state index in [2.05, 4.69) is 4.74 Å². The molecule has 80 valence electrons. The molecular formula is C6H11Na3O7. The predicted octanol–water partition coefficient (Wildman–Crippen LogP) is -9.64. The molecule has 0 aromatic heterocycles. The molecule has 0 radical (unpaired) electrons. The summed E-state index contributed by atoms with van der Waals surface area (Å²) in [6, 6.07) is 0. The third kappa shape index (κ3) is 6.95. The van der Waals surface area contributed by atoms with E-state index in [1.54, 1.807) is 0 Å². The van der Waals surface area contributed by atoms with Crippen LogP contribution in [-0.4, -0.2) is 45.9 Å². The monoisotopic (exact) mass is 264 g/mol. The fraction of sp³-hybridized carbons (Fsp3) is 0.500. The summed E-state index contributed by atoms with van der Waals surface area (Å²) >= 11 is 0. The molecule has 0 bridgehead atoms. The van der Waals surface area contributed by atoms with E-state index in [4.69, 9.17) is 15.3 Å². The summed E-state index contributed by atoms with van der Waals surface area (Å²) in [6.07, 6.45) is -1.13. The Morgan fingerprint density at radius 1 is 1.06 bits per heavy atom. The first-order valence-electron chi connectivity index (χ1n) is 3.10. The molecule has 0 unspecified atom stereocenters. The Morgan fingerprint density at radius 3 is 1.44 bits per heavy atom. The molecule has 16 heavy (non-hydrogen) atoms. The largest absolute Gasteiger partial charge is 1.00 e. The summed E-state index contributed by atoms with van der Waals surface area (Å²) in [7, 11) is 0.825. The van der Waals surface area contributed by atoms with Crippen molar-refractivity contribution >= 4 is 17.9 Å². The molecule has 7 nitrogen and oxygen atoms in total. The Hall–Kier alpha value is 1.37. The van der Waals surface area contributed by atoms with Gasteiger partial charge in [-0.1, -0.05) is 0 Å². The van der Waals surface area contributed by atoms with Crippen LogP contribution in [0.15, 0.2) is 0 Å². The smallest absolute Gasteiger partial charge is 1.00 e. The van der Waals surface area contributed by atoms with Crippen molar-refractivity contribution < 1.29 is 127 Å². The maximum Gasteiger partial charge on any atom is 1.00 e. The number of carbonyl (C=O) groups is 3. The number of carboxylic acids is 3. The van der Waals surface area contributed by atoms with Gasteiger partial charge >= 0.3 is 107 Å². The summed E-state index contributed by atoms with van der Waals surface area (Å²) in [5, 5.41) is 25.2. The molecule has 0 amide bonds. The molecule has 0 spiro atoms. The molecular weight excluding hydrogens is 253 g/mol. The summed E-state index contributed by atoms with van der Waals surface area (Å²) < 4.78 is 4.19. The second kappa shape index (κ2) is 11.5. The zero-order valence-corrected chi connectivity index (χ0v) is 15.7. The normalized spacial score (nSPS) is 8.81. The van der Waals surface area contributed by atoms with Crippen molar-refractivity contribution in [3.05, 3.63) is 0 Å². The average molecular weight is 264 g/mol. The van der Waals surface area contributed by atoms with E-state index >= 15 is 0 Å². The van der Waals surface area contributed by atoms with Gasteiger partial charge in [-0.05, 0) is 0 Å².